The first-order valence-corrected chi connectivity index (χ1v) is 10.9. The number of halogens is 1. The van der Waals surface area contributed by atoms with Crippen molar-refractivity contribution in [2.24, 2.45) is 0 Å². The van der Waals surface area contributed by atoms with Gasteiger partial charge in [0.25, 0.3) is 11.7 Å². The summed E-state index contributed by atoms with van der Waals surface area (Å²) in [5, 5.41) is 2.85. The summed E-state index contributed by atoms with van der Waals surface area (Å²) in [4.78, 5) is 26.4. The Kier molecular flexibility index (Phi) is 4.81. The highest BCUT2D eigenvalue weighted by molar-refractivity contribution is 9.10. The van der Waals surface area contributed by atoms with E-state index in [1.165, 1.54) is 11.3 Å². The van der Waals surface area contributed by atoms with Crippen LogP contribution in [0.25, 0.3) is 0 Å². The van der Waals surface area contributed by atoms with Gasteiger partial charge in [-0.05, 0) is 43.2 Å². The summed E-state index contributed by atoms with van der Waals surface area (Å²) in [5.41, 5.74) is 1.18. The highest BCUT2D eigenvalue weighted by atomic mass is 79.9. The quantitative estimate of drug-likeness (QED) is 0.722. The minimum atomic E-state index is -0.554. The lowest BCUT2D eigenvalue weighted by Crippen LogP contribution is -2.43. The predicted molar refractivity (Wildman–Crippen MR) is 114 cm³/mol. The van der Waals surface area contributed by atoms with Crippen LogP contribution in [0.2, 0.25) is 0 Å². The van der Waals surface area contributed by atoms with E-state index in [-0.39, 0.29) is 25.0 Å². The first-order valence-electron chi connectivity index (χ1n) is 10.1. The van der Waals surface area contributed by atoms with E-state index in [1.54, 1.807) is 24.3 Å². The number of hydrogen-bond donors (Lipinski definition) is 1. The van der Waals surface area contributed by atoms with Crippen molar-refractivity contribution in [2.75, 3.05) is 23.4 Å². The standard InChI is InChI=1S/C22H21BrN2O5/c23-14-4-6-16-18(10-14)28-13-21(27)25(16)12-20(26)24-15-5-7-17-19(11-15)30-22(29-17)8-2-1-3-9-22/h4-7,10-11H,1-3,8-9,12-13H2,(H,24,26). The molecule has 7 nitrogen and oxygen atoms in total. The van der Waals surface area contributed by atoms with Crippen molar-refractivity contribution in [3.05, 3.63) is 40.9 Å². The molecule has 1 aliphatic carbocycles. The van der Waals surface area contributed by atoms with Gasteiger partial charge in [-0.2, -0.15) is 0 Å². The van der Waals surface area contributed by atoms with Gasteiger partial charge in [0.2, 0.25) is 5.91 Å². The molecular formula is C22H21BrN2O5. The second-order valence-electron chi connectivity index (χ2n) is 7.77. The van der Waals surface area contributed by atoms with Gasteiger partial charge >= 0.3 is 0 Å². The third-order valence-corrected chi connectivity index (χ3v) is 6.09. The number of nitrogens with zero attached hydrogens (tertiary/aromatic N) is 1. The van der Waals surface area contributed by atoms with Crippen LogP contribution in [0.4, 0.5) is 11.4 Å². The van der Waals surface area contributed by atoms with Crippen LogP contribution in [0.3, 0.4) is 0 Å². The Hall–Kier alpha value is -2.74. The van der Waals surface area contributed by atoms with Gasteiger partial charge in [-0.15, -0.1) is 0 Å². The summed E-state index contributed by atoms with van der Waals surface area (Å²) >= 11 is 3.39. The number of carbonyl (C=O) groups is 2. The van der Waals surface area contributed by atoms with Gasteiger partial charge in [0.05, 0.1) is 5.69 Å². The second-order valence-corrected chi connectivity index (χ2v) is 8.68. The molecule has 0 saturated heterocycles. The molecule has 3 aliphatic rings. The zero-order valence-corrected chi connectivity index (χ0v) is 17.9. The van der Waals surface area contributed by atoms with Gasteiger partial charge in [-0.1, -0.05) is 22.4 Å². The molecule has 1 saturated carbocycles. The maximum Gasteiger partial charge on any atom is 0.265 e. The van der Waals surface area contributed by atoms with Crippen LogP contribution >= 0.6 is 15.9 Å². The second kappa shape index (κ2) is 7.50. The summed E-state index contributed by atoms with van der Waals surface area (Å²) in [5.74, 6) is 0.805. The monoisotopic (exact) mass is 472 g/mol. The molecule has 30 heavy (non-hydrogen) atoms. The first-order chi connectivity index (χ1) is 14.5. The van der Waals surface area contributed by atoms with Crippen LogP contribution in [0, 0.1) is 0 Å². The normalized spacial score (nSPS) is 18.7. The lowest BCUT2D eigenvalue weighted by Gasteiger charge is -2.31. The van der Waals surface area contributed by atoms with Gasteiger partial charge in [-0.3, -0.25) is 14.5 Å². The summed E-state index contributed by atoms with van der Waals surface area (Å²) in [7, 11) is 0. The van der Waals surface area contributed by atoms with Crippen molar-refractivity contribution < 1.29 is 23.8 Å². The van der Waals surface area contributed by atoms with Crippen LogP contribution in [-0.2, 0) is 9.59 Å². The molecule has 1 spiro atoms. The average molecular weight is 473 g/mol. The Bertz CT molecular complexity index is 1020. The molecule has 1 N–H and O–H groups in total. The minimum absolute atomic E-state index is 0.0944. The zero-order valence-electron chi connectivity index (χ0n) is 16.3. The third kappa shape index (κ3) is 3.60. The van der Waals surface area contributed by atoms with Gasteiger partial charge < -0.3 is 19.5 Å². The Morgan fingerprint density at radius 1 is 1.03 bits per heavy atom. The fourth-order valence-electron chi connectivity index (χ4n) is 4.16. The van der Waals surface area contributed by atoms with E-state index in [0.29, 0.717) is 28.6 Å². The Morgan fingerprint density at radius 2 is 1.83 bits per heavy atom. The molecule has 1 fully saturated rings. The molecule has 0 radical (unpaired) electrons. The first kappa shape index (κ1) is 19.2. The van der Waals surface area contributed by atoms with Crippen molar-refractivity contribution in [1.29, 1.82) is 0 Å². The third-order valence-electron chi connectivity index (χ3n) is 5.60. The molecule has 2 heterocycles. The Morgan fingerprint density at radius 3 is 2.67 bits per heavy atom. The van der Waals surface area contributed by atoms with E-state index in [2.05, 4.69) is 21.2 Å². The van der Waals surface area contributed by atoms with Crippen molar-refractivity contribution in [1.82, 2.24) is 0 Å². The molecule has 2 amide bonds. The SMILES string of the molecule is O=C(CN1C(=O)COc2cc(Br)ccc21)Nc1ccc2c(c1)OC1(CCCCC1)O2. The van der Waals surface area contributed by atoms with Gasteiger partial charge in [0, 0.05) is 29.1 Å². The van der Waals surface area contributed by atoms with E-state index < -0.39 is 5.79 Å². The number of nitrogens with one attached hydrogen (secondary N) is 1. The fourth-order valence-corrected chi connectivity index (χ4v) is 4.50. The molecule has 2 aromatic carbocycles. The maximum atomic E-state index is 12.7. The molecule has 0 bridgehead atoms. The number of hydrogen-bond acceptors (Lipinski definition) is 5. The van der Waals surface area contributed by atoms with Crippen LogP contribution in [0.5, 0.6) is 17.2 Å². The fraction of sp³-hybridized carbons (Fsp3) is 0.364. The van der Waals surface area contributed by atoms with Crippen LogP contribution in [-0.4, -0.2) is 30.8 Å². The number of carbonyl (C=O) groups excluding carboxylic acids is 2. The topological polar surface area (TPSA) is 77.1 Å². The molecule has 2 aliphatic heterocycles. The Balaban J connectivity index is 1.28. The van der Waals surface area contributed by atoms with Crippen LogP contribution < -0.4 is 24.4 Å². The number of rotatable bonds is 3. The maximum absolute atomic E-state index is 12.7. The van der Waals surface area contributed by atoms with Crippen molar-refractivity contribution in [3.63, 3.8) is 0 Å². The van der Waals surface area contributed by atoms with Crippen molar-refractivity contribution in [3.8, 4) is 17.2 Å². The van der Waals surface area contributed by atoms with Crippen LogP contribution in [0.1, 0.15) is 32.1 Å². The number of anilines is 2. The van der Waals surface area contributed by atoms with Crippen LogP contribution in [0.15, 0.2) is 40.9 Å². The van der Waals surface area contributed by atoms with E-state index in [4.69, 9.17) is 14.2 Å². The molecule has 5 rings (SSSR count). The average Bonchev–Trinajstić information content (AvgIpc) is 3.07. The molecule has 0 unspecified atom stereocenters. The van der Waals surface area contributed by atoms with E-state index in [0.717, 1.165) is 30.2 Å². The highest BCUT2D eigenvalue weighted by Gasteiger charge is 2.42. The number of amides is 2. The van der Waals surface area contributed by atoms with E-state index in [1.807, 2.05) is 12.1 Å². The summed E-state index contributed by atoms with van der Waals surface area (Å²) in [6.07, 6.45) is 5.12. The smallest absolute Gasteiger partial charge is 0.265 e. The highest BCUT2D eigenvalue weighted by Crippen LogP contribution is 2.46. The predicted octanol–water partition coefficient (Wildman–Crippen LogP) is 4.24. The molecule has 8 heteroatoms. The van der Waals surface area contributed by atoms with Crippen molar-refractivity contribution in [2.45, 2.75) is 37.9 Å². The van der Waals surface area contributed by atoms with E-state index >= 15 is 0 Å². The molecule has 0 aromatic heterocycles. The summed E-state index contributed by atoms with van der Waals surface area (Å²) < 4.78 is 18.5. The summed E-state index contributed by atoms with van der Waals surface area (Å²) in [6, 6.07) is 10.7. The molecule has 0 atom stereocenters. The van der Waals surface area contributed by atoms with Gasteiger partial charge in [0.1, 0.15) is 12.3 Å². The van der Waals surface area contributed by atoms with Gasteiger partial charge in [0.15, 0.2) is 18.1 Å². The largest absolute Gasteiger partial charge is 0.482 e. The lowest BCUT2D eigenvalue weighted by molar-refractivity contribution is -0.123. The summed E-state index contributed by atoms with van der Waals surface area (Å²) in [6.45, 7) is -0.196. The molecular weight excluding hydrogens is 452 g/mol. The Labute approximate surface area is 182 Å². The number of fused-ring (bicyclic) bond motifs is 2. The van der Waals surface area contributed by atoms with Crippen molar-refractivity contribution >= 4 is 39.1 Å². The number of benzene rings is 2. The van der Waals surface area contributed by atoms with Gasteiger partial charge in [-0.25, -0.2) is 0 Å². The molecule has 2 aromatic rings. The zero-order chi connectivity index (χ0) is 20.7. The number of ether oxygens (including phenoxy) is 3. The molecule has 156 valence electrons. The minimum Gasteiger partial charge on any atom is -0.482 e. The lowest BCUT2D eigenvalue weighted by atomic mass is 9.94. The van der Waals surface area contributed by atoms with E-state index in [9.17, 15) is 9.59 Å².